The monoisotopic (exact) mass is 495 g/mol. The van der Waals surface area contributed by atoms with Crippen molar-refractivity contribution >= 4 is 46.2 Å². The standard InChI is InChI=1S/C25H19Cl2N3O2S/c1-31-21-8-3-2-7-19(21)30-24(23(29-25(30)33)18-6-4-5-13-28-18)22-12-11-20(32-22)16-10-9-15(26)14-17(16)27/h2-14,23-24H,1H3,(H,29,33)/t23-,24-/m0/s1. The molecule has 4 aromatic rings. The molecule has 166 valence electrons. The molecule has 1 aliphatic heterocycles. The third kappa shape index (κ3) is 4.06. The number of hydrogen-bond acceptors (Lipinski definition) is 4. The number of halogens is 2. The van der Waals surface area contributed by atoms with E-state index in [0.29, 0.717) is 32.4 Å². The summed E-state index contributed by atoms with van der Waals surface area (Å²) in [7, 11) is 1.64. The molecule has 0 saturated carbocycles. The molecule has 0 unspecified atom stereocenters. The van der Waals surface area contributed by atoms with E-state index in [1.807, 2.05) is 65.6 Å². The molecule has 2 aromatic carbocycles. The molecule has 1 aliphatic rings. The average molecular weight is 496 g/mol. The number of hydrogen-bond donors (Lipinski definition) is 1. The quantitative estimate of drug-likeness (QED) is 0.306. The van der Waals surface area contributed by atoms with Crippen molar-refractivity contribution < 1.29 is 9.15 Å². The van der Waals surface area contributed by atoms with Gasteiger partial charge in [0.2, 0.25) is 0 Å². The first-order chi connectivity index (χ1) is 16.1. The molecule has 0 spiro atoms. The molecule has 1 saturated heterocycles. The number of nitrogens with one attached hydrogen (secondary N) is 1. The van der Waals surface area contributed by atoms with Gasteiger partial charge in [-0.05, 0) is 66.8 Å². The SMILES string of the molecule is COc1ccccc1N1C(=S)N[C@@H](c2ccccn2)[C@@H]1c1ccc(-c2ccc(Cl)cc2Cl)o1. The fourth-order valence-electron chi connectivity index (χ4n) is 4.08. The lowest BCUT2D eigenvalue weighted by molar-refractivity contribution is 0.409. The Kier molecular flexibility index (Phi) is 5.98. The zero-order valence-electron chi connectivity index (χ0n) is 17.5. The van der Waals surface area contributed by atoms with Crippen LogP contribution in [-0.2, 0) is 0 Å². The highest BCUT2D eigenvalue weighted by Crippen LogP contribution is 2.45. The van der Waals surface area contributed by atoms with Crippen molar-refractivity contribution in [2.45, 2.75) is 12.1 Å². The Balaban J connectivity index is 1.63. The molecule has 0 bridgehead atoms. The van der Waals surface area contributed by atoms with Crippen LogP contribution in [0.15, 0.2) is 83.4 Å². The summed E-state index contributed by atoms with van der Waals surface area (Å²) in [5, 5.41) is 5.07. The fourth-order valence-corrected chi connectivity index (χ4v) is 4.92. The van der Waals surface area contributed by atoms with Crippen LogP contribution in [0.25, 0.3) is 11.3 Å². The third-order valence-corrected chi connectivity index (χ3v) is 6.42. The zero-order chi connectivity index (χ0) is 22.9. The van der Waals surface area contributed by atoms with Crippen LogP contribution in [-0.4, -0.2) is 17.2 Å². The highest BCUT2D eigenvalue weighted by molar-refractivity contribution is 7.80. The van der Waals surface area contributed by atoms with E-state index in [-0.39, 0.29) is 12.1 Å². The van der Waals surface area contributed by atoms with Crippen LogP contribution in [0, 0.1) is 0 Å². The summed E-state index contributed by atoms with van der Waals surface area (Å²) in [6.07, 6.45) is 1.77. The molecule has 5 nitrogen and oxygen atoms in total. The lowest BCUT2D eigenvalue weighted by atomic mass is 10.0. The molecule has 2 atom stereocenters. The average Bonchev–Trinajstić information content (AvgIpc) is 3.44. The number of furan rings is 1. The number of methoxy groups -OCH3 is 1. The molecule has 33 heavy (non-hydrogen) atoms. The number of aromatic nitrogens is 1. The molecular weight excluding hydrogens is 477 g/mol. The lowest BCUT2D eigenvalue weighted by Gasteiger charge is -2.27. The molecule has 3 heterocycles. The van der Waals surface area contributed by atoms with Crippen molar-refractivity contribution in [1.29, 1.82) is 0 Å². The van der Waals surface area contributed by atoms with Crippen LogP contribution in [0.5, 0.6) is 5.75 Å². The van der Waals surface area contributed by atoms with Gasteiger partial charge in [0, 0.05) is 16.8 Å². The van der Waals surface area contributed by atoms with Crippen LogP contribution < -0.4 is 15.0 Å². The summed E-state index contributed by atoms with van der Waals surface area (Å²) in [5.74, 6) is 2.06. The summed E-state index contributed by atoms with van der Waals surface area (Å²) in [5.41, 5.74) is 2.45. The number of rotatable bonds is 5. The van der Waals surface area contributed by atoms with Crippen molar-refractivity contribution in [3.05, 3.63) is 100 Å². The van der Waals surface area contributed by atoms with Crippen LogP contribution in [0.3, 0.4) is 0 Å². The van der Waals surface area contributed by atoms with Crippen LogP contribution in [0.1, 0.15) is 23.5 Å². The van der Waals surface area contributed by atoms with Gasteiger partial charge in [-0.2, -0.15) is 0 Å². The molecule has 1 fully saturated rings. The number of nitrogens with zero attached hydrogens (tertiary/aromatic N) is 2. The predicted octanol–water partition coefficient (Wildman–Crippen LogP) is 6.83. The van der Waals surface area contributed by atoms with Gasteiger partial charge in [0.1, 0.15) is 23.3 Å². The van der Waals surface area contributed by atoms with Crippen LogP contribution in [0.2, 0.25) is 10.0 Å². The Morgan fingerprint density at radius 1 is 1.03 bits per heavy atom. The minimum atomic E-state index is -0.302. The molecule has 0 radical (unpaired) electrons. The Labute approximate surface area is 206 Å². The van der Waals surface area contributed by atoms with Gasteiger partial charge in [0.25, 0.3) is 0 Å². The van der Waals surface area contributed by atoms with E-state index >= 15 is 0 Å². The van der Waals surface area contributed by atoms with Crippen molar-refractivity contribution in [3.8, 4) is 17.1 Å². The topological polar surface area (TPSA) is 50.5 Å². The van der Waals surface area contributed by atoms with E-state index in [9.17, 15) is 0 Å². The largest absolute Gasteiger partial charge is 0.495 e. The summed E-state index contributed by atoms with van der Waals surface area (Å²) in [6, 6.07) is 22.2. The second-order valence-electron chi connectivity index (χ2n) is 7.49. The second kappa shape index (κ2) is 9.06. The van der Waals surface area contributed by atoms with Crippen molar-refractivity contribution in [3.63, 3.8) is 0 Å². The van der Waals surface area contributed by atoms with Gasteiger partial charge in [-0.1, -0.05) is 41.4 Å². The fraction of sp³-hybridized carbons (Fsp3) is 0.120. The molecule has 1 N–H and O–H groups in total. The lowest BCUT2D eigenvalue weighted by Crippen LogP contribution is -2.29. The van der Waals surface area contributed by atoms with E-state index < -0.39 is 0 Å². The highest BCUT2D eigenvalue weighted by atomic mass is 35.5. The van der Waals surface area contributed by atoms with Gasteiger partial charge in [-0.15, -0.1) is 0 Å². The molecule has 0 aliphatic carbocycles. The van der Waals surface area contributed by atoms with Crippen LogP contribution in [0.4, 0.5) is 5.69 Å². The minimum absolute atomic E-state index is 0.233. The van der Waals surface area contributed by atoms with Gasteiger partial charge in [0.15, 0.2) is 5.11 Å². The zero-order valence-corrected chi connectivity index (χ0v) is 19.9. The predicted molar refractivity (Wildman–Crippen MR) is 135 cm³/mol. The van der Waals surface area contributed by atoms with E-state index in [2.05, 4.69) is 10.3 Å². The number of ether oxygens (including phenoxy) is 1. The van der Waals surface area contributed by atoms with Gasteiger partial charge in [0.05, 0.1) is 29.6 Å². The molecule has 8 heteroatoms. The van der Waals surface area contributed by atoms with Crippen LogP contribution >= 0.6 is 35.4 Å². The number of benzene rings is 2. The maximum Gasteiger partial charge on any atom is 0.174 e. The first-order valence-electron chi connectivity index (χ1n) is 10.3. The Morgan fingerprint density at radius 3 is 2.61 bits per heavy atom. The summed E-state index contributed by atoms with van der Waals surface area (Å²) < 4.78 is 12.0. The highest BCUT2D eigenvalue weighted by Gasteiger charge is 2.43. The van der Waals surface area contributed by atoms with E-state index in [4.69, 9.17) is 44.6 Å². The number of para-hydroxylation sites is 2. The summed E-state index contributed by atoms with van der Waals surface area (Å²) in [6.45, 7) is 0. The summed E-state index contributed by atoms with van der Waals surface area (Å²) >= 11 is 18.3. The third-order valence-electron chi connectivity index (χ3n) is 5.56. The van der Waals surface area contributed by atoms with Gasteiger partial charge in [-0.25, -0.2) is 0 Å². The van der Waals surface area contributed by atoms with Crippen molar-refractivity contribution in [1.82, 2.24) is 10.3 Å². The first kappa shape index (κ1) is 21.8. The van der Waals surface area contributed by atoms with Crippen molar-refractivity contribution in [2.24, 2.45) is 0 Å². The van der Waals surface area contributed by atoms with Gasteiger partial charge < -0.3 is 19.4 Å². The first-order valence-corrected chi connectivity index (χ1v) is 11.4. The smallest absolute Gasteiger partial charge is 0.174 e. The second-order valence-corrected chi connectivity index (χ2v) is 8.72. The molecular formula is C25H19Cl2N3O2S. The van der Waals surface area contributed by atoms with Crippen molar-refractivity contribution in [2.75, 3.05) is 12.0 Å². The normalized spacial score (nSPS) is 17.8. The number of pyridine rings is 1. The maximum absolute atomic E-state index is 6.43. The molecule has 5 rings (SSSR count). The minimum Gasteiger partial charge on any atom is -0.495 e. The molecule has 2 aromatic heterocycles. The Morgan fingerprint density at radius 2 is 1.85 bits per heavy atom. The number of anilines is 1. The van der Waals surface area contributed by atoms with Gasteiger partial charge in [-0.3, -0.25) is 4.98 Å². The summed E-state index contributed by atoms with van der Waals surface area (Å²) in [4.78, 5) is 6.59. The Bertz CT molecular complexity index is 1310. The maximum atomic E-state index is 6.43. The number of thiocarbonyl (C=S) groups is 1. The van der Waals surface area contributed by atoms with Gasteiger partial charge >= 0.3 is 0 Å². The molecule has 0 amide bonds. The van der Waals surface area contributed by atoms with E-state index in [0.717, 1.165) is 16.9 Å². The van der Waals surface area contributed by atoms with E-state index in [1.165, 1.54) is 0 Å². The van der Waals surface area contributed by atoms with E-state index in [1.54, 1.807) is 25.4 Å². The Hall–Kier alpha value is -3.06.